The highest BCUT2D eigenvalue weighted by Crippen LogP contribution is 2.37. The molecule has 7 nitrogen and oxygen atoms in total. The van der Waals surface area contributed by atoms with Crippen LogP contribution in [0.4, 0.5) is 0 Å². The molecule has 2 atom stereocenters. The predicted molar refractivity (Wildman–Crippen MR) is 172 cm³/mol. The van der Waals surface area contributed by atoms with Crippen LogP contribution in [0.2, 0.25) is 0 Å². The monoisotopic (exact) mass is 583 g/mol. The number of aryl methyl sites for hydroxylation is 4. The van der Waals surface area contributed by atoms with E-state index in [9.17, 15) is 10.2 Å². The third-order valence-electron chi connectivity index (χ3n) is 7.76. The minimum absolute atomic E-state index is 0.0123. The summed E-state index contributed by atoms with van der Waals surface area (Å²) < 4.78 is 11.6. The second kappa shape index (κ2) is 15.1. The molecule has 0 aliphatic carbocycles. The Hall–Kier alpha value is -3.81. The van der Waals surface area contributed by atoms with E-state index in [0.717, 1.165) is 46.2 Å². The minimum atomic E-state index is -0.823. The van der Waals surface area contributed by atoms with Crippen molar-refractivity contribution in [1.82, 2.24) is 15.0 Å². The molecule has 2 unspecified atom stereocenters. The number of aromatic nitrogens is 3. The van der Waals surface area contributed by atoms with Crippen LogP contribution in [0.25, 0.3) is 34.2 Å². The summed E-state index contributed by atoms with van der Waals surface area (Å²) in [6.07, 6.45) is 3.72. The first-order valence-electron chi connectivity index (χ1n) is 15.3. The molecule has 0 aliphatic rings. The van der Waals surface area contributed by atoms with E-state index >= 15 is 0 Å². The Morgan fingerprint density at radius 1 is 0.721 bits per heavy atom. The van der Waals surface area contributed by atoms with Gasteiger partial charge in [0, 0.05) is 17.7 Å². The highest BCUT2D eigenvalue weighted by Gasteiger charge is 2.19. The van der Waals surface area contributed by atoms with E-state index in [-0.39, 0.29) is 24.7 Å². The van der Waals surface area contributed by atoms with Crippen LogP contribution in [0.15, 0.2) is 54.6 Å². The summed E-state index contributed by atoms with van der Waals surface area (Å²) in [4.78, 5) is 14.5. The molecule has 43 heavy (non-hydrogen) atoms. The maximum Gasteiger partial charge on any atom is 0.168 e. The van der Waals surface area contributed by atoms with Gasteiger partial charge in [0.25, 0.3) is 0 Å². The van der Waals surface area contributed by atoms with E-state index in [4.69, 9.17) is 24.4 Å². The molecule has 0 saturated heterocycles. The van der Waals surface area contributed by atoms with E-state index in [2.05, 4.69) is 39.8 Å². The van der Waals surface area contributed by atoms with Crippen molar-refractivity contribution in [2.24, 2.45) is 5.92 Å². The van der Waals surface area contributed by atoms with Crippen LogP contribution < -0.4 is 4.74 Å². The lowest BCUT2D eigenvalue weighted by Crippen LogP contribution is -2.25. The van der Waals surface area contributed by atoms with Crippen LogP contribution in [0, 0.1) is 33.6 Å². The highest BCUT2D eigenvalue weighted by molar-refractivity contribution is 5.73. The van der Waals surface area contributed by atoms with Gasteiger partial charge >= 0.3 is 0 Å². The van der Waals surface area contributed by atoms with Crippen LogP contribution >= 0.6 is 0 Å². The van der Waals surface area contributed by atoms with E-state index in [1.807, 2.05) is 38.1 Å². The van der Waals surface area contributed by atoms with Crippen LogP contribution in [0.1, 0.15) is 61.8 Å². The lowest BCUT2D eigenvalue weighted by atomic mass is 10.0. The molecule has 4 rings (SSSR count). The number of aliphatic hydroxyl groups is 1. The number of aromatic hydroxyl groups is 1. The summed E-state index contributed by atoms with van der Waals surface area (Å²) in [5.74, 6) is 2.04. The van der Waals surface area contributed by atoms with E-state index in [1.165, 1.54) is 12.8 Å². The van der Waals surface area contributed by atoms with Crippen molar-refractivity contribution < 1.29 is 19.7 Å². The molecule has 0 radical (unpaired) electrons. The van der Waals surface area contributed by atoms with Gasteiger partial charge in [0.15, 0.2) is 29.0 Å². The number of nitrogens with zero attached hydrogens (tertiary/aromatic N) is 3. The van der Waals surface area contributed by atoms with Gasteiger partial charge in [0.05, 0.1) is 12.2 Å². The molecular formula is C36H45N3O4. The Labute approximate surface area is 256 Å². The number of rotatable bonds is 14. The fourth-order valence-electron chi connectivity index (χ4n) is 5.19. The third kappa shape index (κ3) is 8.39. The number of phenols is 1. The molecular weight excluding hydrogens is 538 g/mol. The summed E-state index contributed by atoms with van der Waals surface area (Å²) in [6.45, 7) is 13.3. The van der Waals surface area contributed by atoms with E-state index < -0.39 is 6.10 Å². The Balaban J connectivity index is 1.60. The topological polar surface area (TPSA) is 97.6 Å². The van der Waals surface area contributed by atoms with Crippen LogP contribution in [0.5, 0.6) is 11.5 Å². The van der Waals surface area contributed by atoms with Crippen LogP contribution in [0.3, 0.4) is 0 Å². The molecule has 0 bridgehead atoms. The summed E-state index contributed by atoms with van der Waals surface area (Å²) in [6, 6.07) is 17.5. The van der Waals surface area contributed by atoms with Gasteiger partial charge in [-0.25, -0.2) is 15.0 Å². The zero-order valence-electron chi connectivity index (χ0n) is 26.4. The number of benzene rings is 3. The summed E-state index contributed by atoms with van der Waals surface area (Å²) in [7, 11) is 0. The van der Waals surface area contributed by atoms with Crippen molar-refractivity contribution in [2.45, 2.75) is 73.3 Å². The smallest absolute Gasteiger partial charge is 0.168 e. The fraction of sp³-hybridized carbons (Fsp3) is 0.417. The largest absolute Gasteiger partial charge is 0.504 e. The molecule has 1 heterocycles. The normalized spacial score (nSPS) is 12.7. The SMILES string of the molecule is CCCCC(CC)COCC(O)COc1cccc(-c2nc(-c3ccc(C)cc3C)nc(-c3ccc(C)cc3C)n2)c1O. The van der Waals surface area contributed by atoms with Crippen molar-refractivity contribution in [3.8, 4) is 45.7 Å². The molecule has 7 heteroatoms. The average molecular weight is 584 g/mol. The number of hydrogen-bond donors (Lipinski definition) is 2. The zero-order valence-corrected chi connectivity index (χ0v) is 26.4. The first-order chi connectivity index (χ1) is 20.7. The molecule has 0 spiro atoms. The van der Waals surface area contributed by atoms with Gasteiger partial charge in [-0.1, -0.05) is 86.7 Å². The number of ether oxygens (including phenoxy) is 2. The number of unbranched alkanes of at least 4 members (excludes halogenated alkanes) is 1. The van der Waals surface area contributed by atoms with Gasteiger partial charge in [0.1, 0.15) is 12.7 Å². The molecule has 0 fully saturated rings. The van der Waals surface area contributed by atoms with Gasteiger partial charge in [-0.15, -0.1) is 0 Å². The molecule has 4 aromatic rings. The average Bonchev–Trinajstić information content (AvgIpc) is 2.98. The third-order valence-corrected chi connectivity index (χ3v) is 7.76. The number of para-hydroxylation sites is 1. The number of hydrogen-bond acceptors (Lipinski definition) is 7. The molecule has 228 valence electrons. The van der Waals surface area contributed by atoms with Gasteiger partial charge in [0.2, 0.25) is 0 Å². The second-order valence-corrected chi connectivity index (χ2v) is 11.5. The summed E-state index contributed by atoms with van der Waals surface area (Å²) in [5.41, 5.74) is 6.63. The van der Waals surface area contributed by atoms with Gasteiger partial charge in [-0.05, 0) is 63.3 Å². The number of phenolic OH excluding ortho intramolecular Hbond substituents is 1. The Kier molecular flexibility index (Phi) is 11.3. The van der Waals surface area contributed by atoms with Gasteiger partial charge in [-0.2, -0.15) is 0 Å². The summed E-state index contributed by atoms with van der Waals surface area (Å²) >= 11 is 0. The Bertz CT molecular complexity index is 1450. The molecule has 3 aromatic carbocycles. The van der Waals surface area contributed by atoms with Crippen molar-refractivity contribution in [3.63, 3.8) is 0 Å². The molecule has 0 saturated carbocycles. The van der Waals surface area contributed by atoms with Crippen molar-refractivity contribution in [1.29, 1.82) is 0 Å². The highest BCUT2D eigenvalue weighted by atomic mass is 16.5. The summed E-state index contributed by atoms with van der Waals surface area (Å²) in [5, 5.41) is 21.8. The molecule has 0 amide bonds. The maximum absolute atomic E-state index is 11.3. The molecule has 1 aromatic heterocycles. The lowest BCUT2D eigenvalue weighted by molar-refractivity contribution is -0.00142. The standard InChI is InChI=1S/C36H45N3O4/c1-7-9-11-27(8-2)20-42-21-28(40)22-43-32-13-10-12-31(33(32)41)36-38-34(29-16-14-23(3)18-25(29)5)37-35(39-36)30-17-15-24(4)19-26(30)6/h10,12-19,27-28,40-41H,7-9,11,20-22H2,1-6H3. The maximum atomic E-state index is 11.3. The first-order valence-corrected chi connectivity index (χ1v) is 15.3. The van der Waals surface area contributed by atoms with Gasteiger partial charge in [-0.3, -0.25) is 0 Å². The van der Waals surface area contributed by atoms with Crippen LogP contribution in [-0.2, 0) is 4.74 Å². The fourth-order valence-corrected chi connectivity index (χ4v) is 5.19. The minimum Gasteiger partial charge on any atom is -0.504 e. The van der Waals surface area contributed by atoms with Crippen molar-refractivity contribution in [2.75, 3.05) is 19.8 Å². The Morgan fingerprint density at radius 2 is 1.30 bits per heavy atom. The van der Waals surface area contributed by atoms with Crippen LogP contribution in [-0.4, -0.2) is 51.1 Å². The zero-order chi connectivity index (χ0) is 30.9. The Morgan fingerprint density at radius 3 is 1.84 bits per heavy atom. The first kappa shape index (κ1) is 32.1. The predicted octanol–water partition coefficient (Wildman–Crippen LogP) is 7.78. The molecule has 0 aliphatic heterocycles. The van der Waals surface area contributed by atoms with E-state index in [0.29, 0.717) is 35.6 Å². The lowest BCUT2D eigenvalue weighted by Gasteiger charge is -2.18. The second-order valence-electron chi connectivity index (χ2n) is 11.5. The van der Waals surface area contributed by atoms with E-state index in [1.54, 1.807) is 18.2 Å². The van der Waals surface area contributed by atoms with Gasteiger partial charge < -0.3 is 19.7 Å². The quantitative estimate of drug-likeness (QED) is 0.156. The van der Waals surface area contributed by atoms with Crippen molar-refractivity contribution in [3.05, 3.63) is 76.9 Å². The molecule has 2 N–H and O–H groups in total. The number of aliphatic hydroxyl groups excluding tert-OH is 1. The van der Waals surface area contributed by atoms with Crippen molar-refractivity contribution >= 4 is 0 Å².